The van der Waals surface area contributed by atoms with Crippen molar-refractivity contribution in [1.82, 2.24) is 29.7 Å². The lowest BCUT2D eigenvalue weighted by Crippen LogP contribution is -2.51. The smallest absolute Gasteiger partial charge is 0.410 e. The molecule has 1 aromatic carbocycles. The van der Waals surface area contributed by atoms with Crippen LogP contribution in [0.1, 0.15) is 80.7 Å². The fourth-order valence-corrected chi connectivity index (χ4v) is 6.07. The summed E-state index contributed by atoms with van der Waals surface area (Å²) < 4.78 is 13.3. The normalized spacial score (nSPS) is 20.0. The second-order valence-corrected chi connectivity index (χ2v) is 13.5. The molecule has 2 aromatic heterocycles. The van der Waals surface area contributed by atoms with Gasteiger partial charge in [-0.25, -0.2) is 14.6 Å². The molecule has 3 aromatic rings. The number of carbonyl (C=O) groups is 2. The molecule has 2 atom stereocenters. The quantitative estimate of drug-likeness (QED) is 0.375. The Labute approximate surface area is 263 Å². The molecule has 1 saturated heterocycles. The summed E-state index contributed by atoms with van der Waals surface area (Å²) >= 11 is 6.66. The van der Waals surface area contributed by atoms with E-state index in [-0.39, 0.29) is 12.1 Å². The standard InChI is InChI=1S/C33H39ClN6O4/c1-32(2,3)44-31(42)40-15-13-39(14-16-40)29-23-9-8-22(34)18-24(23)25(17-21-7-6-12-36-27(21)29)28(26-19-35-20-38(26)5)37-30(41)43-33(4)10-11-33/h6-9,12,17-20,28-29H,10-11,13-16H2,1-5H3,(H,37,41)/t28-,29+/m1/s1. The molecule has 6 rings (SSSR count). The van der Waals surface area contributed by atoms with E-state index >= 15 is 0 Å². The zero-order chi connectivity index (χ0) is 31.2. The molecule has 3 aliphatic rings. The van der Waals surface area contributed by atoms with Crippen molar-refractivity contribution < 1.29 is 19.1 Å². The Morgan fingerprint density at radius 3 is 2.55 bits per heavy atom. The van der Waals surface area contributed by atoms with Crippen molar-refractivity contribution in [3.8, 4) is 0 Å². The lowest BCUT2D eigenvalue weighted by atomic mass is 9.90. The van der Waals surface area contributed by atoms with Gasteiger partial charge in [0, 0.05) is 44.4 Å². The molecule has 2 amide bonds. The maximum atomic E-state index is 13.3. The van der Waals surface area contributed by atoms with Crippen LogP contribution in [0.3, 0.4) is 0 Å². The van der Waals surface area contributed by atoms with Crippen molar-refractivity contribution in [2.75, 3.05) is 26.2 Å². The number of halogens is 1. The molecule has 44 heavy (non-hydrogen) atoms. The minimum atomic E-state index is -0.578. The molecule has 0 radical (unpaired) electrons. The Morgan fingerprint density at radius 2 is 1.89 bits per heavy atom. The average molecular weight is 619 g/mol. The summed E-state index contributed by atoms with van der Waals surface area (Å²) in [5.41, 5.74) is 4.42. The second-order valence-electron chi connectivity index (χ2n) is 13.1. The third-order valence-electron chi connectivity index (χ3n) is 8.41. The number of rotatable bonds is 5. The van der Waals surface area contributed by atoms with Gasteiger partial charge in [-0.05, 0) is 87.1 Å². The van der Waals surface area contributed by atoms with Crippen LogP contribution in [0.2, 0.25) is 5.02 Å². The van der Waals surface area contributed by atoms with E-state index in [1.165, 1.54) is 0 Å². The molecule has 2 fully saturated rings. The SMILES string of the molecule is Cn1cncc1[C@H](NC(=O)OC1(C)CC1)C1=Cc2cccnc2[C@@H](N2CCN(C(=O)OC(C)(C)C)CC2)c2ccc(Cl)cc21. The highest BCUT2D eigenvalue weighted by Crippen LogP contribution is 2.45. The summed E-state index contributed by atoms with van der Waals surface area (Å²) in [6.07, 6.45) is 8.29. The van der Waals surface area contributed by atoms with Crippen molar-refractivity contribution in [3.63, 3.8) is 0 Å². The van der Waals surface area contributed by atoms with E-state index in [2.05, 4.69) is 21.3 Å². The summed E-state index contributed by atoms with van der Waals surface area (Å²) in [7, 11) is 1.91. The number of aryl methyl sites for hydroxylation is 1. The van der Waals surface area contributed by atoms with Crippen LogP contribution in [-0.4, -0.2) is 73.9 Å². The molecule has 10 nitrogen and oxygen atoms in total. The Hall–Kier alpha value is -3.89. The van der Waals surface area contributed by atoms with Crippen LogP contribution < -0.4 is 5.32 Å². The van der Waals surface area contributed by atoms with Gasteiger partial charge in [-0.15, -0.1) is 0 Å². The van der Waals surface area contributed by atoms with Crippen LogP contribution in [-0.2, 0) is 16.5 Å². The van der Waals surface area contributed by atoms with Crippen LogP contribution >= 0.6 is 11.6 Å². The highest BCUT2D eigenvalue weighted by molar-refractivity contribution is 6.30. The molecule has 1 saturated carbocycles. The van der Waals surface area contributed by atoms with Crippen LogP contribution in [0.4, 0.5) is 9.59 Å². The number of alkyl carbamates (subject to hydrolysis) is 1. The van der Waals surface area contributed by atoms with Gasteiger partial charge in [0.2, 0.25) is 0 Å². The Morgan fingerprint density at radius 1 is 1.14 bits per heavy atom. The van der Waals surface area contributed by atoms with Gasteiger partial charge in [-0.1, -0.05) is 23.7 Å². The zero-order valence-corrected chi connectivity index (χ0v) is 26.6. The first-order chi connectivity index (χ1) is 20.9. The van der Waals surface area contributed by atoms with Gasteiger partial charge in [0.15, 0.2) is 0 Å². The lowest BCUT2D eigenvalue weighted by molar-refractivity contribution is 0.0117. The fraction of sp³-hybridized carbons (Fsp3) is 0.455. The summed E-state index contributed by atoms with van der Waals surface area (Å²) in [6, 6.07) is 9.07. The molecular weight excluding hydrogens is 580 g/mol. The van der Waals surface area contributed by atoms with Gasteiger partial charge < -0.3 is 24.3 Å². The van der Waals surface area contributed by atoms with Crippen molar-refractivity contribution in [2.45, 2.75) is 63.8 Å². The topological polar surface area (TPSA) is 102 Å². The predicted octanol–water partition coefficient (Wildman–Crippen LogP) is 5.98. The molecule has 232 valence electrons. The van der Waals surface area contributed by atoms with Gasteiger partial charge in [0.25, 0.3) is 0 Å². The number of imidazole rings is 1. The third-order valence-corrected chi connectivity index (χ3v) is 8.64. The highest BCUT2D eigenvalue weighted by Gasteiger charge is 2.43. The van der Waals surface area contributed by atoms with Crippen LogP contribution in [0.5, 0.6) is 0 Å². The van der Waals surface area contributed by atoms with E-state index < -0.39 is 23.3 Å². The monoisotopic (exact) mass is 618 g/mol. The van der Waals surface area contributed by atoms with Crippen molar-refractivity contribution in [1.29, 1.82) is 0 Å². The molecule has 0 bridgehead atoms. The number of nitrogens with one attached hydrogen (secondary N) is 1. The van der Waals surface area contributed by atoms with Gasteiger partial charge >= 0.3 is 12.2 Å². The number of hydrogen-bond acceptors (Lipinski definition) is 7. The maximum Gasteiger partial charge on any atom is 0.410 e. The second kappa shape index (κ2) is 11.6. The third kappa shape index (κ3) is 6.32. The molecule has 1 aliphatic heterocycles. The van der Waals surface area contributed by atoms with Gasteiger partial charge in [0.1, 0.15) is 11.2 Å². The average Bonchev–Trinajstić information content (AvgIpc) is 3.57. The molecule has 11 heteroatoms. The molecule has 0 unspecified atom stereocenters. The van der Waals surface area contributed by atoms with E-state index in [0.717, 1.165) is 46.5 Å². The number of ether oxygens (including phenoxy) is 2. The van der Waals surface area contributed by atoms with Crippen molar-refractivity contribution >= 4 is 35.4 Å². The predicted molar refractivity (Wildman–Crippen MR) is 168 cm³/mol. The summed E-state index contributed by atoms with van der Waals surface area (Å²) in [6.45, 7) is 9.89. The van der Waals surface area contributed by atoms with Gasteiger partial charge in [-0.2, -0.15) is 0 Å². The van der Waals surface area contributed by atoms with Crippen molar-refractivity contribution in [3.05, 3.63) is 82.2 Å². The van der Waals surface area contributed by atoms with Gasteiger partial charge in [0.05, 0.1) is 36.0 Å². The molecular formula is C33H39ClN6O4. The largest absolute Gasteiger partial charge is 0.444 e. The first kappa shape index (κ1) is 30.1. The van der Waals surface area contributed by atoms with E-state index in [0.29, 0.717) is 31.2 Å². The van der Waals surface area contributed by atoms with Crippen LogP contribution in [0.25, 0.3) is 11.6 Å². The highest BCUT2D eigenvalue weighted by atomic mass is 35.5. The number of benzene rings is 1. The number of amides is 2. The fourth-order valence-electron chi connectivity index (χ4n) is 5.89. The Balaban J connectivity index is 1.40. The first-order valence-electron chi connectivity index (χ1n) is 15.0. The number of carbonyl (C=O) groups excluding carboxylic acids is 2. The summed E-state index contributed by atoms with van der Waals surface area (Å²) in [4.78, 5) is 39.5. The number of pyridine rings is 1. The van der Waals surface area contributed by atoms with E-state index in [9.17, 15) is 9.59 Å². The van der Waals surface area contributed by atoms with Crippen molar-refractivity contribution in [2.24, 2.45) is 7.05 Å². The van der Waals surface area contributed by atoms with E-state index in [1.807, 2.05) is 75.8 Å². The minimum Gasteiger partial charge on any atom is -0.444 e. The molecule has 2 aliphatic carbocycles. The Kier molecular flexibility index (Phi) is 7.92. The van der Waals surface area contributed by atoms with E-state index in [4.69, 9.17) is 26.1 Å². The first-order valence-corrected chi connectivity index (χ1v) is 15.4. The maximum absolute atomic E-state index is 13.3. The van der Waals surface area contributed by atoms with Crippen LogP contribution in [0, 0.1) is 0 Å². The summed E-state index contributed by atoms with van der Waals surface area (Å²) in [5, 5.41) is 3.73. The lowest BCUT2D eigenvalue weighted by Gasteiger charge is -2.40. The number of piperazine rings is 1. The molecule has 0 spiro atoms. The van der Waals surface area contributed by atoms with E-state index in [1.54, 1.807) is 17.4 Å². The molecule has 3 heterocycles. The zero-order valence-electron chi connectivity index (χ0n) is 25.8. The summed E-state index contributed by atoms with van der Waals surface area (Å²) in [5.74, 6) is 0. The minimum absolute atomic E-state index is 0.211. The van der Waals surface area contributed by atoms with Crippen LogP contribution in [0.15, 0.2) is 49.1 Å². The Bertz CT molecular complexity index is 1600. The van der Waals surface area contributed by atoms with Gasteiger partial charge in [-0.3, -0.25) is 9.88 Å². The number of hydrogen-bond donors (Lipinski definition) is 1. The number of fused-ring (bicyclic) bond motifs is 2. The number of nitrogens with zero attached hydrogens (tertiary/aromatic N) is 5. The molecule has 1 N–H and O–H groups in total. The number of aromatic nitrogens is 3.